The monoisotopic (exact) mass is 222 g/mol. The Morgan fingerprint density at radius 1 is 1.50 bits per heavy atom. The van der Waals surface area contributed by atoms with Crippen molar-refractivity contribution >= 4 is 5.69 Å². The minimum absolute atomic E-state index is 0.178. The Bertz CT molecular complexity index is 350. The summed E-state index contributed by atoms with van der Waals surface area (Å²) >= 11 is 0. The number of halogens is 1. The first-order chi connectivity index (χ1) is 7.76. The van der Waals surface area contributed by atoms with Crippen molar-refractivity contribution in [3.63, 3.8) is 0 Å². The van der Waals surface area contributed by atoms with E-state index in [9.17, 15) is 4.39 Å². The number of anilines is 1. The zero-order chi connectivity index (χ0) is 11.5. The molecule has 0 bridgehead atoms. The molecule has 16 heavy (non-hydrogen) atoms. The van der Waals surface area contributed by atoms with Gasteiger partial charge in [-0.2, -0.15) is 0 Å². The van der Waals surface area contributed by atoms with Gasteiger partial charge in [0.2, 0.25) is 0 Å². The number of nitrogens with zero attached hydrogens (tertiary/aromatic N) is 1. The van der Waals surface area contributed by atoms with Crippen LogP contribution in [-0.4, -0.2) is 19.1 Å². The van der Waals surface area contributed by atoms with Crippen molar-refractivity contribution < 1.29 is 4.39 Å². The van der Waals surface area contributed by atoms with Crippen molar-refractivity contribution in [3.05, 3.63) is 30.1 Å². The van der Waals surface area contributed by atoms with Crippen molar-refractivity contribution in [1.82, 2.24) is 0 Å². The lowest BCUT2D eigenvalue weighted by Crippen LogP contribution is -2.42. The molecule has 1 aliphatic rings. The van der Waals surface area contributed by atoms with Crippen LogP contribution in [0.3, 0.4) is 0 Å². The molecule has 2 rings (SSSR count). The predicted octanol–water partition coefficient (Wildman–Crippen LogP) is 2.39. The van der Waals surface area contributed by atoms with Gasteiger partial charge in [-0.3, -0.25) is 0 Å². The molecule has 0 heterocycles. The van der Waals surface area contributed by atoms with E-state index in [0.29, 0.717) is 18.5 Å². The molecule has 88 valence electrons. The van der Waals surface area contributed by atoms with E-state index in [4.69, 9.17) is 5.73 Å². The third-order valence-corrected chi connectivity index (χ3v) is 3.29. The van der Waals surface area contributed by atoms with Gasteiger partial charge in [0.15, 0.2) is 0 Å². The largest absolute Gasteiger partial charge is 0.367 e. The smallest absolute Gasteiger partial charge is 0.125 e. The Balaban J connectivity index is 2.20. The standard InChI is InChI=1S/C13H19FN2/c1-2-16(13(9-15)10-6-7-10)12-5-3-4-11(14)8-12/h3-5,8,10,13H,2,6-7,9,15H2,1H3. The van der Waals surface area contributed by atoms with Gasteiger partial charge >= 0.3 is 0 Å². The van der Waals surface area contributed by atoms with E-state index in [-0.39, 0.29) is 5.82 Å². The van der Waals surface area contributed by atoms with Gasteiger partial charge in [-0.25, -0.2) is 4.39 Å². The summed E-state index contributed by atoms with van der Waals surface area (Å²) in [6.07, 6.45) is 2.52. The summed E-state index contributed by atoms with van der Waals surface area (Å²) in [6.45, 7) is 3.62. The van der Waals surface area contributed by atoms with E-state index in [1.54, 1.807) is 12.1 Å². The van der Waals surface area contributed by atoms with Gasteiger partial charge in [0.05, 0.1) is 0 Å². The van der Waals surface area contributed by atoms with Crippen molar-refractivity contribution in [1.29, 1.82) is 0 Å². The van der Waals surface area contributed by atoms with Gasteiger partial charge in [0, 0.05) is 24.8 Å². The molecule has 0 aliphatic heterocycles. The Labute approximate surface area is 96.2 Å². The predicted molar refractivity (Wildman–Crippen MR) is 65.0 cm³/mol. The summed E-state index contributed by atoms with van der Waals surface area (Å²) in [6, 6.07) is 7.15. The third kappa shape index (κ3) is 2.35. The first-order valence-electron chi connectivity index (χ1n) is 5.98. The minimum atomic E-state index is -0.178. The molecule has 0 radical (unpaired) electrons. The van der Waals surface area contributed by atoms with Crippen molar-refractivity contribution in [3.8, 4) is 0 Å². The molecular weight excluding hydrogens is 203 g/mol. The highest BCUT2D eigenvalue weighted by molar-refractivity contribution is 5.48. The second kappa shape index (κ2) is 4.83. The topological polar surface area (TPSA) is 29.3 Å². The van der Waals surface area contributed by atoms with Crippen LogP contribution in [-0.2, 0) is 0 Å². The van der Waals surface area contributed by atoms with Gasteiger partial charge < -0.3 is 10.6 Å². The maximum atomic E-state index is 13.2. The summed E-state index contributed by atoms with van der Waals surface area (Å²) < 4.78 is 13.2. The molecule has 1 fully saturated rings. The Morgan fingerprint density at radius 3 is 2.75 bits per heavy atom. The van der Waals surface area contributed by atoms with Crippen LogP contribution < -0.4 is 10.6 Å². The zero-order valence-electron chi connectivity index (χ0n) is 9.70. The summed E-state index contributed by atoms with van der Waals surface area (Å²) in [5.41, 5.74) is 6.78. The first kappa shape index (κ1) is 11.4. The van der Waals surface area contributed by atoms with Gasteiger partial charge in [-0.15, -0.1) is 0 Å². The number of nitrogens with two attached hydrogens (primary N) is 1. The molecule has 1 aromatic rings. The van der Waals surface area contributed by atoms with Crippen LogP contribution in [0.1, 0.15) is 19.8 Å². The molecule has 2 nitrogen and oxygen atoms in total. The molecule has 2 N–H and O–H groups in total. The number of benzene rings is 1. The molecule has 0 aromatic heterocycles. The molecule has 1 aromatic carbocycles. The SMILES string of the molecule is CCN(c1cccc(F)c1)C(CN)C1CC1. The summed E-state index contributed by atoms with van der Waals surface area (Å²) in [4.78, 5) is 2.22. The lowest BCUT2D eigenvalue weighted by molar-refractivity contribution is 0.545. The van der Waals surface area contributed by atoms with Crippen molar-refractivity contribution in [2.24, 2.45) is 11.7 Å². The van der Waals surface area contributed by atoms with Crippen LogP contribution in [0.15, 0.2) is 24.3 Å². The lowest BCUT2D eigenvalue weighted by Gasteiger charge is -2.32. The summed E-state index contributed by atoms with van der Waals surface area (Å²) in [5, 5.41) is 0. The van der Waals surface area contributed by atoms with E-state index in [1.807, 2.05) is 6.07 Å². The van der Waals surface area contributed by atoms with E-state index >= 15 is 0 Å². The minimum Gasteiger partial charge on any atom is -0.367 e. The van der Waals surface area contributed by atoms with Crippen molar-refractivity contribution in [2.45, 2.75) is 25.8 Å². The first-order valence-corrected chi connectivity index (χ1v) is 5.98. The van der Waals surface area contributed by atoms with Crippen LogP contribution in [0.2, 0.25) is 0 Å². The van der Waals surface area contributed by atoms with Crippen molar-refractivity contribution in [2.75, 3.05) is 18.0 Å². The van der Waals surface area contributed by atoms with Crippen LogP contribution in [0.25, 0.3) is 0 Å². The molecule has 1 saturated carbocycles. The number of rotatable bonds is 5. The average Bonchev–Trinajstić information content (AvgIpc) is 3.09. The molecule has 3 heteroatoms. The maximum absolute atomic E-state index is 13.2. The third-order valence-electron chi connectivity index (χ3n) is 3.29. The zero-order valence-corrected chi connectivity index (χ0v) is 9.70. The second-order valence-electron chi connectivity index (χ2n) is 4.41. The quantitative estimate of drug-likeness (QED) is 0.829. The van der Waals surface area contributed by atoms with E-state index < -0.39 is 0 Å². The van der Waals surface area contributed by atoms with Crippen LogP contribution in [0.5, 0.6) is 0 Å². The van der Waals surface area contributed by atoms with Crippen LogP contribution in [0.4, 0.5) is 10.1 Å². The molecule has 0 amide bonds. The molecular formula is C13H19FN2. The molecule has 0 spiro atoms. The Kier molecular flexibility index (Phi) is 3.44. The number of likely N-dealkylation sites (N-methyl/N-ethyl adjacent to an activating group) is 1. The summed E-state index contributed by atoms with van der Waals surface area (Å²) in [7, 11) is 0. The van der Waals surface area contributed by atoms with Gasteiger partial charge in [-0.05, 0) is 43.9 Å². The molecule has 0 saturated heterocycles. The van der Waals surface area contributed by atoms with E-state index in [2.05, 4.69) is 11.8 Å². The fraction of sp³-hybridized carbons (Fsp3) is 0.538. The number of hydrogen-bond acceptors (Lipinski definition) is 2. The highest BCUT2D eigenvalue weighted by Crippen LogP contribution is 2.36. The van der Waals surface area contributed by atoms with Crippen LogP contribution >= 0.6 is 0 Å². The number of hydrogen-bond donors (Lipinski definition) is 1. The second-order valence-corrected chi connectivity index (χ2v) is 4.41. The highest BCUT2D eigenvalue weighted by atomic mass is 19.1. The van der Waals surface area contributed by atoms with Gasteiger partial charge in [0.1, 0.15) is 5.82 Å². The molecule has 1 aliphatic carbocycles. The average molecular weight is 222 g/mol. The van der Waals surface area contributed by atoms with E-state index in [1.165, 1.54) is 18.9 Å². The lowest BCUT2D eigenvalue weighted by atomic mass is 10.1. The Hall–Kier alpha value is -1.09. The maximum Gasteiger partial charge on any atom is 0.125 e. The Morgan fingerprint density at radius 2 is 2.25 bits per heavy atom. The van der Waals surface area contributed by atoms with Gasteiger partial charge in [-0.1, -0.05) is 6.07 Å². The molecule has 1 atom stereocenters. The van der Waals surface area contributed by atoms with Crippen LogP contribution in [0, 0.1) is 11.7 Å². The molecule has 1 unspecified atom stereocenters. The fourth-order valence-corrected chi connectivity index (χ4v) is 2.32. The summed E-state index contributed by atoms with van der Waals surface area (Å²) in [5.74, 6) is 0.524. The van der Waals surface area contributed by atoms with E-state index in [0.717, 1.165) is 12.2 Å². The van der Waals surface area contributed by atoms with Gasteiger partial charge in [0.25, 0.3) is 0 Å². The fourth-order valence-electron chi connectivity index (χ4n) is 2.32. The highest BCUT2D eigenvalue weighted by Gasteiger charge is 2.33. The normalized spacial score (nSPS) is 17.2.